The highest BCUT2D eigenvalue weighted by Gasteiger charge is 2.39. The van der Waals surface area contributed by atoms with Crippen LogP contribution < -0.4 is 5.73 Å². The van der Waals surface area contributed by atoms with Gasteiger partial charge in [0.25, 0.3) is 0 Å². The number of carbonyl (C=O) groups excluding carboxylic acids is 1. The van der Waals surface area contributed by atoms with Crippen LogP contribution in [0.4, 0.5) is 0 Å². The first kappa shape index (κ1) is 17.2. The number of nitrogens with zero attached hydrogens (tertiary/aromatic N) is 1. The van der Waals surface area contributed by atoms with Gasteiger partial charge in [-0.15, -0.1) is 0 Å². The Kier molecular flexibility index (Phi) is 5.90. The van der Waals surface area contributed by atoms with Gasteiger partial charge in [0.15, 0.2) is 0 Å². The van der Waals surface area contributed by atoms with Crippen LogP contribution in [-0.4, -0.2) is 33.5 Å². The minimum Gasteiger partial charge on any atom is -0.480 e. The normalized spacial score (nSPS) is 12.8. The number of amides is 1. The van der Waals surface area contributed by atoms with Crippen molar-refractivity contribution in [1.29, 1.82) is 0 Å². The van der Waals surface area contributed by atoms with Crippen LogP contribution in [0.15, 0.2) is 30.3 Å². The molecule has 0 aliphatic rings. The number of benzene rings is 1. The van der Waals surface area contributed by atoms with E-state index in [0.29, 0.717) is 6.42 Å². The molecule has 0 aliphatic carbocycles. The van der Waals surface area contributed by atoms with E-state index in [1.54, 1.807) is 0 Å². The van der Waals surface area contributed by atoms with Gasteiger partial charge >= 0.3 is 5.97 Å². The molecule has 0 aliphatic heterocycles. The van der Waals surface area contributed by atoms with Crippen LogP contribution in [0.3, 0.4) is 0 Å². The second-order valence-electron chi connectivity index (χ2n) is 5.67. The molecule has 5 heteroatoms. The fraction of sp³-hybridized carbons (Fsp3) is 0.500. The van der Waals surface area contributed by atoms with E-state index >= 15 is 0 Å². The molecule has 5 nitrogen and oxygen atoms in total. The van der Waals surface area contributed by atoms with Crippen molar-refractivity contribution in [3.05, 3.63) is 35.9 Å². The van der Waals surface area contributed by atoms with Gasteiger partial charge in [0.2, 0.25) is 5.91 Å². The van der Waals surface area contributed by atoms with Crippen LogP contribution in [0.1, 0.15) is 39.2 Å². The molecule has 116 valence electrons. The molecule has 3 N–H and O–H groups in total. The van der Waals surface area contributed by atoms with Gasteiger partial charge in [-0.05, 0) is 25.8 Å². The highest BCUT2D eigenvalue weighted by molar-refractivity contribution is 5.89. The Morgan fingerprint density at radius 2 is 1.86 bits per heavy atom. The summed E-state index contributed by atoms with van der Waals surface area (Å²) in [5.41, 5.74) is 5.47. The summed E-state index contributed by atoms with van der Waals surface area (Å²) in [4.78, 5) is 25.4. The Morgan fingerprint density at radius 3 is 2.33 bits per heavy atom. The maximum atomic E-state index is 12.5. The predicted molar refractivity (Wildman–Crippen MR) is 81.6 cm³/mol. The first-order valence-electron chi connectivity index (χ1n) is 7.15. The highest BCUT2D eigenvalue weighted by Crippen LogP contribution is 2.20. The molecule has 0 radical (unpaired) electrons. The zero-order chi connectivity index (χ0) is 16.0. The number of rotatable bonds is 7. The molecule has 0 saturated heterocycles. The molecule has 0 fully saturated rings. The molecule has 1 rings (SSSR count). The van der Waals surface area contributed by atoms with Crippen molar-refractivity contribution in [2.75, 3.05) is 0 Å². The van der Waals surface area contributed by atoms with E-state index < -0.39 is 17.6 Å². The molecule has 1 aromatic rings. The Balaban J connectivity index is 3.06. The minimum atomic E-state index is -1.31. The van der Waals surface area contributed by atoms with Crippen molar-refractivity contribution in [3.8, 4) is 0 Å². The number of aliphatic carboxylic acids is 1. The van der Waals surface area contributed by atoms with Gasteiger partial charge in [-0.2, -0.15) is 0 Å². The quantitative estimate of drug-likeness (QED) is 0.805. The maximum Gasteiger partial charge on any atom is 0.329 e. The Bertz CT molecular complexity index is 486. The monoisotopic (exact) mass is 292 g/mol. The molecule has 1 atom stereocenters. The molecule has 0 unspecified atom stereocenters. The first-order valence-corrected chi connectivity index (χ1v) is 7.15. The van der Waals surface area contributed by atoms with Crippen molar-refractivity contribution in [2.45, 2.75) is 51.7 Å². The van der Waals surface area contributed by atoms with Crippen LogP contribution in [0.2, 0.25) is 0 Å². The Labute approximate surface area is 125 Å². The summed E-state index contributed by atoms with van der Waals surface area (Å²) in [5.74, 6) is -1.37. The third kappa shape index (κ3) is 4.29. The zero-order valence-corrected chi connectivity index (χ0v) is 12.9. The second kappa shape index (κ2) is 7.22. The molecule has 0 bridgehead atoms. The van der Waals surface area contributed by atoms with Crippen molar-refractivity contribution in [2.24, 2.45) is 5.73 Å². The van der Waals surface area contributed by atoms with Crippen LogP contribution >= 0.6 is 0 Å². The van der Waals surface area contributed by atoms with E-state index in [1.807, 2.05) is 37.3 Å². The molecular weight excluding hydrogens is 268 g/mol. The summed E-state index contributed by atoms with van der Waals surface area (Å²) in [6.07, 6.45) is 1.32. The molecular formula is C16H24N2O3. The summed E-state index contributed by atoms with van der Waals surface area (Å²) in [6, 6.07) is 8.65. The van der Waals surface area contributed by atoms with Gasteiger partial charge in [-0.1, -0.05) is 43.7 Å². The molecule has 0 aromatic heterocycles. The van der Waals surface area contributed by atoms with E-state index in [0.717, 1.165) is 12.0 Å². The van der Waals surface area contributed by atoms with Crippen LogP contribution in [-0.2, 0) is 16.1 Å². The number of carboxylic acid groups (broad SMARTS) is 1. The van der Waals surface area contributed by atoms with Crippen LogP contribution in [0.5, 0.6) is 0 Å². The summed E-state index contributed by atoms with van der Waals surface area (Å²) in [5, 5.41) is 9.42. The van der Waals surface area contributed by atoms with Crippen molar-refractivity contribution >= 4 is 11.9 Å². The fourth-order valence-corrected chi connectivity index (χ4v) is 2.07. The molecule has 0 saturated carbocycles. The van der Waals surface area contributed by atoms with Gasteiger partial charge in [-0.25, -0.2) is 4.79 Å². The van der Waals surface area contributed by atoms with E-state index in [4.69, 9.17) is 5.73 Å². The predicted octanol–water partition coefficient (Wildman–Crippen LogP) is 2.01. The highest BCUT2D eigenvalue weighted by atomic mass is 16.4. The lowest BCUT2D eigenvalue weighted by molar-refractivity contribution is -0.158. The molecule has 0 spiro atoms. The minimum absolute atomic E-state index is 0.233. The van der Waals surface area contributed by atoms with Crippen molar-refractivity contribution < 1.29 is 14.7 Å². The standard InChI is InChI=1S/C16H24N2O3/c1-4-8-13(17)14(19)18(16(2,3)15(20)21)11-12-9-6-5-7-10-12/h5-7,9-10,13H,4,8,11,17H2,1-3H3,(H,20,21)/t13-/m1/s1. The Hall–Kier alpha value is -1.88. The van der Waals surface area contributed by atoms with Gasteiger partial charge in [0.05, 0.1) is 6.04 Å². The van der Waals surface area contributed by atoms with Gasteiger partial charge in [-0.3, -0.25) is 4.79 Å². The van der Waals surface area contributed by atoms with E-state index in [1.165, 1.54) is 18.7 Å². The second-order valence-corrected chi connectivity index (χ2v) is 5.67. The fourth-order valence-electron chi connectivity index (χ4n) is 2.07. The smallest absolute Gasteiger partial charge is 0.329 e. The number of carboxylic acids is 1. The number of hydrogen-bond acceptors (Lipinski definition) is 3. The first-order chi connectivity index (χ1) is 9.80. The van der Waals surface area contributed by atoms with Crippen LogP contribution in [0.25, 0.3) is 0 Å². The zero-order valence-electron chi connectivity index (χ0n) is 12.9. The number of nitrogens with two attached hydrogens (primary N) is 1. The van der Waals surface area contributed by atoms with Crippen molar-refractivity contribution in [1.82, 2.24) is 4.90 Å². The van der Waals surface area contributed by atoms with E-state index in [9.17, 15) is 14.7 Å². The molecule has 1 amide bonds. The average molecular weight is 292 g/mol. The lowest BCUT2D eigenvalue weighted by Crippen LogP contribution is -2.56. The third-order valence-electron chi connectivity index (χ3n) is 3.56. The molecule has 21 heavy (non-hydrogen) atoms. The van der Waals surface area contributed by atoms with E-state index in [-0.39, 0.29) is 12.5 Å². The molecule has 1 aromatic carbocycles. The van der Waals surface area contributed by atoms with E-state index in [2.05, 4.69) is 0 Å². The summed E-state index contributed by atoms with van der Waals surface area (Å²) >= 11 is 0. The number of hydrogen-bond donors (Lipinski definition) is 2. The summed E-state index contributed by atoms with van der Waals surface area (Å²) < 4.78 is 0. The SMILES string of the molecule is CCC[C@@H](N)C(=O)N(Cc1ccccc1)C(C)(C)C(=O)O. The van der Waals surface area contributed by atoms with Gasteiger partial charge < -0.3 is 15.7 Å². The largest absolute Gasteiger partial charge is 0.480 e. The lowest BCUT2D eigenvalue weighted by Gasteiger charge is -2.36. The van der Waals surface area contributed by atoms with Crippen molar-refractivity contribution in [3.63, 3.8) is 0 Å². The lowest BCUT2D eigenvalue weighted by atomic mass is 9.99. The topological polar surface area (TPSA) is 83.6 Å². The van der Waals surface area contributed by atoms with Gasteiger partial charge in [0.1, 0.15) is 5.54 Å². The summed E-state index contributed by atoms with van der Waals surface area (Å²) in [7, 11) is 0. The van der Waals surface area contributed by atoms with Crippen LogP contribution in [0, 0.1) is 0 Å². The van der Waals surface area contributed by atoms with Gasteiger partial charge in [0, 0.05) is 6.54 Å². The Morgan fingerprint density at radius 1 is 1.29 bits per heavy atom. The third-order valence-corrected chi connectivity index (χ3v) is 3.56. The average Bonchev–Trinajstić information content (AvgIpc) is 2.45. The maximum absolute atomic E-state index is 12.5. The summed E-state index contributed by atoms with van der Waals surface area (Å²) in [6.45, 7) is 5.22. The number of carbonyl (C=O) groups is 2. The molecule has 0 heterocycles.